The van der Waals surface area contributed by atoms with Crippen LogP contribution in [0.5, 0.6) is 0 Å². The van der Waals surface area contributed by atoms with Gasteiger partial charge in [0.05, 0.1) is 11.4 Å². The Labute approximate surface area is 151 Å². The zero-order valence-electron chi connectivity index (χ0n) is 14.5. The van der Waals surface area contributed by atoms with E-state index in [-0.39, 0.29) is 10.8 Å². The van der Waals surface area contributed by atoms with Crippen LogP contribution in [0.15, 0.2) is 29.2 Å². The lowest BCUT2D eigenvalue weighted by atomic mass is 10.2. The summed E-state index contributed by atoms with van der Waals surface area (Å²) >= 11 is 0. The van der Waals surface area contributed by atoms with E-state index in [1.807, 2.05) is 0 Å². The first kappa shape index (κ1) is 19.9. The number of rotatable bonds is 6. The molecule has 9 nitrogen and oxygen atoms in total. The zero-order valence-corrected chi connectivity index (χ0v) is 15.3. The molecule has 2 N–H and O–H groups in total. The van der Waals surface area contributed by atoms with E-state index in [4.69, 9.17) is 5.11 Å². The van der Waals surface area contributed by atoms with Crippen LogP contribution in [0.1, 0.15) is 19.8 Å². The number of aliphatic carboxylic acids is 1. The van der Waals surface area contributed by atoms with E-state index in [1.54, 1.807) is 0 Å². The third-order valence-corrected chi connectivity index (χ3v) is 5.92. The van der Waals surface area contributed by atoms with Gasteiger partial charge in [-0.2, -0.15) is 4.31 Å². The second-order valence-corrected chi connectivity index (χ2v) is 8.09. The average molecular weight is 383 g/mol. The molecule has 0 bridgehead atoms. The second-order valence-electron chi connectivity index (χ2n) is 6.05. The maximum atomic E-state index is 12.6. The van der Waals surface area contributed by atoms with Gasteiger partial charge in [-0.3, -0.25) is 9.59 Å². The van der Waals surface area contributed by atoms with Crippen LogP contribution in [-0.4, -0.2) is 66.7 Å². The number of amides is 2. The van der Waals surface area contributed by atoms with Gasteiger partial charge in [-0.1, -0.05) is 0 Å². The molecule has 1 aliphatic rings. The van der Waals surface area contributed by atoms with Crippen molar-refractivity contribution in [1.29, 1.82) is 0 Å². The molecule has 0 aliphatic carbocycles. The number of hydrogen-bond acceptors (Lipinski definition) is 5. The number of anilines is 1. The lowest BCUT2D eigenvalue weighted by Gasteiger charge is -2.24. The topological polar surface area (TPSA) is 124 Å². The van der Waals surface area contributed by atoms with Gasteiger partial charge in [-0.15, -0.1) is 0 Å². The van der Waals surface area contributed by atoms with Gasteiger partial charge in [0.2, 0.25) is 21.8 Å². The molecular formula is C16H21N3O6S. The molecule has 1 atom stereocenters. The number of nitrogens with zero attached hydrogens (tertiary/aromatic N) is 2. The highest BCUT2D eigenvalue weighted by Gasteiger charge is 2.35. The second kappa shape index (κ2) is 7.83. The van der Waals surface area contributed by atoms with Gasteiger partial charge >= 0.3 is 5.97 Å². The summed E-state index contributed by atoms with van der Waals surface area (Å²) < 4.78 is 26.1. The highest BCUT2D eigenvalue weighted by Crippen LogP contribution is 2.20. The normalized spacial score (nSPS) is 17.3. The molecular weight excluding hydrogens is 362 g/mol. The summed E-state index contributed by atoms with van der Waals surface area (Å²) in [7, 11) is -2.66. The monoisotopic (exact) mass is 383 g/mol. The van der Waals surface area contributed by atoms with Crippen LogP contribution in [0.4, 0.5) is 5.69 Å². The number of likely N-dealkylation sites (N-methyl/N-ethyl adjacent to an activating group) is 1. The van der Waals surface area contributed by atoms with Crippen LogP contribution >= 0.6 is 0 Å². The molecule has 1 saturated heterocycles. The van der Waals surface area contributed by atoms with E-state index in [0.717, 1.165) is 4.31 Å². The summed E-state index contributed by atoms with van der Waals surface area (Å²) in [6.07, 6.45) is 0.936. The van der Waals surface area contributed by atoms with Crippen LogP contribution < -0.4 is 5.32 Å². The molecule has 1 fully saturated rings. The number of likely N-dealkylation sites (tertiary alicyclic amines) is 1. The third-order valence-electron chi connectivity index (χ3n) is 4.10. The Morgan fingerprint density at radius 2 is 1.88 bits per heavy atom. The van der Waals surface area contributed by atoms with Crippen LogP contribution in [0, 0.1) is 0 Å². The molecule has 1 heterocycles. The van der Waals surface area contributed by atoms with Crippen molar-refractivity contribution in [2.75, 3.05) is 25.5 Å². The first-order valence-corrected chi connectivity index (χ1v) is 9.43. The van der Waals surface area contributed by atoms with Crippen LogP contribution in [0.2, 0.25) is 0 Å². The molecule has 0 aromatic heterocycles. The van der Waals surface area contributed by atoms with Crippen molar-refractivity contribution in [2.24, 2.45) is 0 Å². The maximum absolute atomic E-state index is 12.6. The van der Waals surface area contributed by atoms with E-state index < -0.39 is 34.5 Å². The lowest BCUT2D eigenvalue weighted by molar-refractivity contribution is -0.148. The molecule has 1 aromatic carbocycles. The van der Waals surface area contributed by atoms with Crippen molar-refractivity contribution in [2.45, 2.75) is 30.7 Å². The van der Waals surface area contributed by atoms with Crippen molar-refractivity contribution >= 4 is 33.5 Å². The number of carbonyl (C=O) groups excluding carboxylic acids is 2. The Morgan fingerprint density at radius 3 is 2.42 bits per heavy atom. The Balaban J connectivity index is 2.09. The Kier molecular flexibility index (Phi) is 5.98. The van der Waals surface area contributed by atoms with Crippen molar-refractivity contribution in [1.82, 2.24) is 9.21 Å². The minimum atomic E-state index is -3.92. The maximum Gasteiger partial charge on any atom is 0.326 e. The van der Waals surface area contributed by atoms with Gasteiger partial charge < -0.3 is 15.3 Å². The van der Waals surface area contributed by atoms with Crippen molar-refractivity contribution in [3.05, 3.63) is 24.3 Å². The third kappa shape index (κ3) is 4.38. The largest absolute Gasteiger partial charge is 0.480 e. The van der Waals surface area contributed by atoms with Gasteiger partial charge in [0, 0.05) is 26.2 Å². The quantitative estimate of drug-likeness (QED) is 0.730. The summed E-state index contributed by atoms with van der Waals surface area (Å²) in [4.78, 5) is 35.7. The van der Waals surface area contributed by atoms with E-state index in [0.29, 0.717) is 25.1 Å². The molecule has 1 aliphatic heterocycles. The Hall–Kier alpha value is -2.46. The molecule has 0 spiro atoms. The minimum Gasteiger partial charge on any atom is -0.480 e. The van der Waals surface area contributed by atoms with Crippen LogP contribution in [0.25, 0.3) is 0 Å². The fraction of sp³-hybridized carbons (Fsp3) is 0.438. The molecule has 142 valence electrons. The highest BCUT2D eigenvalue weighted by molar-refractivity contribution is 7.89. The number of carbonyl (C=O) groups is 3. The van der Waals surface area contributed by atoms with Crippen molar-refractivity contribution in [3.8, 4) is 0 Å². The summed E-state index contributed by atoms with van der Waals surface area (Å²) in [5.74, 6) is -1.91. The van der Waals surface area contributed by atoms with Gasteiger partial charge in [0.1, 0.15) is 6.04 Å². The number of benzene rings is 1. The van der Waals surface area contributed by atoms with E-state index in [2.05, 4.69) is 5.32 Å². The van der Waals surface area contributed by atoms with Gasteiger partial charge in [0.25, 0.3) is 0 Å². The highest BCUT2D eigenvalue weighted by atomic mass is 32.2. The standard InChI is InChI=1S/C16H21N3O6S/c1-11(20)17-12-5-7-13(8-6-12)26(24,25)18(2)10-15(21)19-9-3-4-14(19)16(22)23/h5-8,14H,3-4,9-10H2,1-2H3,(H,17,20)(H,22,23)/t14-/m0/s1. The van der Waals surface area contributed by atoms with Crippen molar-refractivity contribution in [3.63, 3.8) is 0 Å². The van der Waals surface area contributed by atoms with Gasteiger partial charge in [-0.25, -0.2) is 13.2 Å². The number of hydrogen-bond donors (Lipinski definition) is 2. The van der Waals surface area contributed by atoms with Gasteiger partial charge in [0.15, 0.2) is 0 Å². The SMILES string of the molecule is CC(=O)Nc1ccc(S(=O)(=O)N(C)CC(=O)N2CCC[C@H]2C(=O)O)cc1. The van der Waals surface area contributed by atoms with Crippen LogP contribution in [0.3, 0.4) is 0 Å². The Bertz CT molecular complexity index is 806. The molecule has 2 rings (SSSR count). The average Bonchev–Trinajstić information content (AvgIpc) is 3.04. The fourth-order valence-corrected chi connectivity index (χ4v) is 3.90. The van der Waals surface area contributed by atoms with Crippen molar-refractivity contribution < 1.29 is 27.9 Å². The summed E-state index contributed by atoms with van der Waals surface area (Å²) in [6.45, 7) is 1.20. The van der Waals surface area contributed by atoms with E-state index in [9.17, 15) is 22.8 Å². The molecule has 1 aromatic rings. The lowest BCUT2D eigenvalue weighted by Crippen LogP contribution is -2.45. The first-order valence-electron chi connectivity index (χ1n) is 7.99. The summed E-state index contributed by atoms with van der Waals surface area (Å²) in [5, 5.41) is 11.7. The molecule has 0 radical (unpaired) electrons. The molecule has 26 heavy (non-hydrogen) atoms. The van der Waals surface area contributed by atoms with E-state index >= 15 is 0 Å². The predicted octanol–water partition coefficient (Wildman–Crippen LogP) is 0.341. The number of carboxylic acid groups (broad SMARTS) is 1. The predicted molar refractivity (Wildman–Crippen MR) is 92.9 cm³/mol. The Morgan fingerprint density at radius 1 is 1.27 bits per heavy atom. The van der Waals surface area contributed by atoms with Crippen LogP contribution in [-0.2, 0) is 24.4 Å². The van der Waals surface area contributed by atoms with E-state index in [1.165, 1.54) is 43.1 Å². The number of sulfonamides is 1. The molecule has 10 heteroatoms. The number of nitrogens with one attached hydrogen (secondary N) is 1. The molecule has 2 amide bonds. The summed E-state index contributed by atoms with van der Waals surface area (Å²) in [6, 6.07) is 4.65. The smallest absolute Gasteiger partial charge is 0.326 e. The van der Waals surface area contributed by atoms with Gasteiger partial charge in [-0.05, 0) is 37.1 Å². The fourth-order valence-electron chi connectivity index (χ4n) is 2.78. The minimum absolute atomic E-state index is 0.0295. The summed E-state index contributed by atoms with van der Waals surface area (Å²) in [5.41, 5.74) is 0.455. The number of carboxylic acids is 1. The first-order chi connectivity index (χ1) is 12.1. The molecule has 0 unspecified atom stereocenters. The zero-order chi connectivity index (χ0) is 19.5. The molecule has 0 saturated carbocycles.